The van der Waals surface area contributed by atoms with Crippen molar-refractivity contribution in [3.8, 4) is 5.88 Å². The number of nitrogens with zero attached hydrogens (tertiary/aromatic N) is 2. The van der Waals surface area contributed by atoms with E-state index < -0.39 is 6.04 Å². The number of nitrogens with one attached hydrogen (secondary N) is 1. The van der Waals surface area contributed by atoms with Gasteiger partial charge in [-0.05, 0) is 32.4 Å². The van der Waals surface area contributed by atoms with Crippen molar-refractivity contribution >= 4 is 11.8 Å². The lowest BCUT2D eigenvalue weighted by molar-refractivity contribution is -0.125. The number of methoxy groups -OCH3 is 1. The minimum Gasteiger partial charge on any atom is -0.480 e. The molecule has 3 N–H and O–H groups in total. The molecule has 1 aliphatic rings. The Morgan fingerprint density at radius 2 is 2.23 bits per heavy atom. The van der Waals surface area contributed by atoms with Crippen LogP contribution in [0.2, 0.25) is 0 Å². The van der Waals surface area contributed by atoms with Crippen molar-refractivity contribution in [3.63, 3.8) is 0 Å². The van der Waals surface area contributed by atoms with Gasteiger partial charge in [0.1, 0.15) is 11.6 Å². The van der Waals surface area contributed by atoms with Crippen LogP contribution >= 0.6 is 0 Å². The summed E-state index contributed by atoms with van der Waals surface area (Å²) in [5.41, 5.74) is 6.28. The molecule has 2 heterocycles. The van der Waals surface area contributed by atoms with Crippen molar-refractivity contribution in [1.82, 2.24) is 15.2 Å². The van der Waals surface area contributed by atoms with Gasteiger partial charge in [-0.15, -0.1) is 0 Å². The van der Waals surface area contributed by atoms with Crippen LogP contribution in [0.5, 0.6) is 5.88 Å². The summed E-state index contributed by atoms with van der Waals surface area (Å²) in [5.74, 6) is -0.225. The van der Waals surface area contributed by atoms with Crippen LogP contribution < -0.4 is 15.8 Å². The van der Waals surface area contributed by atoms with Crippen LogP contribution in [0.4, 0.5) is 0 Å². The van der Waals surface area contributed by atoms with Gasteiger partial charge in [0.15, 0.2) is 0 Å². The maximum atomic E-state index is 12.7. The fourth-order valence-corrected chi connectivity index (χ4v) is 2.59. The Bertz CT molecular complexity index is 561. The van der Waals surface area contributed by atoms with E-state index in [1.807, 2.05) is 13.8 Å². The Kier molecular flexibility index (Phi) is 4.97. The molecule has 0 unspecified atom stereocenters. The molecule has 0 saturated carbocycles. The van der Waals surface area contributed by atoms with Gasteiger partial charge in [0.05, 0.1) is 7.11 Å². The number of nitrogens with two attached hydrogens (primary N) is 1. The number of carbonyl (C=O) groups is 2. The molecule has 0 aliphatic carbocycles. The largest absolute Gasteiger partial charge is 0.480 e. The van der Waals surface area contributed by atoms with E-state index in [9.17, 15) is 9.59 Å². The molecule has 7 nitrogen and oxygen atoms in total. The summed E-state index contributed by atoms with van der Waals surface area (Å²) in [6.07, 6.45) is 2.00. The second kappa shape index (κ2) is 6.74. The predicted octanol–water partition coefficient (Wildman–Crippen LogP) is 0.157. The molecule has 2 rings (SSSR count). The number of carbonyl (C=O) groups excluding carboxylic acids is 2. The Hall–Kier alpha value is -2.15. The molecule has 0 spiro atoms. The molecule has 22 heavy (non-hydrogen) atoms. The summed E-state index contributed by atoms with van der Waals surface area (Å²) in [4.78, 5) is 30.6. The van der Waals surface area contributed by atoms with E-state index in [0.717, 1.165) is 0 Å². The van der Waals surface area contributed by atoms with E-state index in [2.05, 4.69) is 10.3 Å². The number of pyridine rings is 1. The van der Waals surface area contributed by atoms with E-state index in [1.165, 1.54) is 12.0 Å². The highest BCUT2D eigenvalue weighted by Gasteiger charge is 2.39. The van der Waals surface area contributed by atoms with Crippen LogP contribution in [-0.4, -0.2) is 53.5 Å². The summed E-state index contributed by atoms with van der Waals surface area (Å²) in [6, 6.07) is 2.53. The molecule has 7 heteroatoms. The summed E-state index contributed by atoms with van der Waals surface area (Å²) in [6.45, 7) is 4.10. The van der Waals surface area contributed by atoms with Gasteiger partial charge in [0.25, 0.3) is 5.91 Å². The van der Waals surface area contributed by atoms with Crippen molar-refractivity contribution < 1.29 is 14.3 Å². The lowest BCUT2D eigenvalue weighted by Crippen LogP contribution is -2.47. The fraction of sp³-hybridized carbons (Fsp3) is 0.533. The standard InChI is InChI=1S/C15H22N4O3/c1-9(2)18-13(20)12-7-10(16)8-19(12)15(21)11-5-4-6-17-14(11)22-3/h4-6,9-10,12H,7-8,16H2,1-3H3,(H,18,20)/t10-,12-/m0/s1. The molecular weight excluding hydrogens is 284 g/mol. The number of rotatable bonds is 4. The van der Waals surface area contributed by atoms with Crippen LogP contribution in [0, 0.1) is 0 Å². The van der Waals surface area contributed by atoms with Gasteiger partial charge in [-0.2, -0.15) is 0 Å². The third kappa shape index (κ3) is 3.36. The van der Waals surface area contributed by atoms with Gasteiger partial charge in [-0.25, -0.2) is 4.98 Å². The topological polar surface area (TPSA) is 97.6 Å². The highest BCUT2D eigenvalue weighted by atomic mass is 16.5. The van der Waals surface area contributed by atoms with Crippen molar-refractivity contribution in [2.75, 3.05) is 13.7 Å². The SMILES string of the molecule is COc1ncccc1C(=O)N1C[C@@H](N)C[C@H]1C(=O)NC(C)C. The van der Waals surface area contributed by atoms with E-state index in [1.54, 1.807) is 18.3 Å². The van der Waals surface area contributed by atoms with E-state index >= 15 is 0 Å². The number of amides is 2. The second-order valence-electron chi connectivity index (χ2n) is 5.69. The van der Waals surface area contributed by atoms with Crippen molar-refractivity contribution in [1.29, 1.82) is 0 Å². The highest BCUT2D eigenvalue weighted by molar-refractivity contribution is 5.99. The van der Waals surface area contributed by atoms with E-state index in [4.69, 9.17) is 10.5 Å². The molecular formula is C15H22N4O3. The first-order chi connectivity index (χ1) is 10.4. The number of aromatic nitrogens is 1. The van der Waals surface area contributed by atoms with Crippen LogP contribution in [0.3, 0.4) is 0 Å². The average Bonchev–Trinajstić information content (AvgIpc) is 2.88. The lowest BCUT2D eigenvalue weighted by Gasteiger charge is -2.25. The smallest absolute Gasteiger partial charge is 0.260 e. The molecule has 0 radical (unpaired) electrons. The maximum absolute atomic E-state index is 12.7. The van der Waals surface area contributed by atoms with Crippen LogP contribution in [0.15, 0.2) is 18.3 Å². The molecule has 1 saturated heterocycles. The summed E-state index contributed by atoms with van der Waals surface area (Å²) in [5, 5.41) is 2.83. The van der Waals surface area contributed by atoms with Gasteiger partial charge in [-0.1, -0.05) is 0 Å². The first-order valence-corrected chi connectivity index (χ1v) is 7.30. The first kappa shape index (κ1) is 16.2. The molecule has 1 aliphatic heterocycles. The van der Waals surface area contributed by atoms with Crippen LogP contribution in [0.1, 0.15) is 30.6 Å². The second-order valence-corrected chi connectivity index (χ2v) is 5.69. The van der Waals surface area contributed by atoms with Gasteiger partial charge in [-0.3, -0.25) is 9.59 Å². The number of hydrogen-bond donors (Lipinski definition) is 2. The molecule has 0 bridgehead atoms. The Morgan fingerprint density at radius 1 is 1.50 bits per heavy atom. The lowest BCUT2D eigenvalue weighted by atomic mass is 10.1. The number of ether oxygens (including phenoxy) is 1. The number of hydrogen-bond acceptors (Lipinski definition) is 5. The summed E-state index contributed by atoms with van der Waals surface area (Å²) < 4.78 is 5.12. The third-order valence-corrected chi connectivity index (χ3v) is 3.52. The van der Waals surface area contributed by atoms with Gasteiger partial charge >= 0.3 is 0 Å². The normalized spacial score (nSPS) is 21.0. The Labute approximate surface area is 129 Å². The third-order valence-electron chi connectivity index (χ3n) is 3.52. The van der Waals surface area contributed by atoms with Crippen molar-refractivity contribution in [2.24, 2.45) is 5.73 Å². The maximum Gasteiger partial charge on any atom is 0.260 e. The molecule has 1 aromatic rings. The van der Waals surface area contributed by atoms with E-state index in [-0.39, 0.29) is 29.8 Å². The van der Waals surface area contributed by atoms with Crippen LogP contribution in [0.25, 0.3) is 0 Å². The van der Waals surface area contributed by atoms with Gasteiger partial charge in [0.2, 0.25) is 11.8 Å². The molecule has 120 valence electrons. The number of likely N-dealkylation sites (tertiary alicyclic amines) is 1. The molecule has 0 aromatic carbocycles. The predicted molar refractivity (Wildman–Crippen MR) is 81.5 cm³/mol. The zero-order valence-electron chi connectivity index (χ0n) is 13.1. The Balaban J connectivity index is 2.24. The highest BCUT2D eigenvalue weighted by Crippen LogP contribution is 2.23. The zero-order chi connectivity index (χ0) is 16.3. The quantitative estimate of drug-likeness (QED) is 0.825. The monoisotopic (exact) mass is 306 g/mol. The van der Waals surface area contributed by atoms with E-state index in [0.29, 0.717) is 18.5 Å². The average molecular weight is 306 g/mol. The Morgan fingerprint density at radius 3 is 2.86 bits per heavy atom. The first-order valence-electron chi connectivity index (χ1n) is 7.30. The minimum absolute atomic E-state index is 0.00852. The van der Waals surface area contributed by atoms with Gasteiger partial charge in [0, 0.05) is 24.8 Å². The molecule has 2 amide bonds. The fourth-order valence-electron chi connectivity index (χ4n) is 2.59. The summed E-state index contributed by atoms with van der Waals surface area (Å²) in [7, 11) is 1.46. The summed E-state index contributed by atoms with van der Waals surface area (Å²) >= 11 is 0. The molecule has 1 aromatic heterocycles. The van der Waals surface area contributed by atoms with Crippen molar-refractivity contribution in [3.05, 3.63) is 23.9 Å². The molecule has 1 fully saturated rings. The minimum atomic E-state index is -0.560. The van der Waals surface area contributed by atoms with Crippen LogP contribution in [-0.2, 0) is 4.79 Å². The van der Waals surface area contributed by atoms with Crippen molar-refractivity contribution in [2.45, 2.75) is 38.4 Å². The molecule has 2 atom stereocenters. The van der Waals surface area contributed by atoms with Gasteiger partial charge < -0.3 is 20.7 Å². The zero-order valence-corrected chi connectivity index (χ0v) is 13.1.